The van der Waals surface area contributed by atoms with Crippen molar-refractivity contribution in [2.75, 3.05) is 4.90 Å². The van der Waals surface area contributed by atoms with E-state index < -0.39 is 0 Å². The molecule has 4 nitrogen and oxygen atoms in total. The molecule has 0 aliphatic heterocycles. The number of hydrogen-bond donors (Lipinski definition) is 1. The average Bonchev–Trinajstić information content (AvgIpc) is 3.02. The Morgan fingerprint density at radius 3 is 2.15 bits per heavy atom. The van der Waals surface area contributed by atoms with Crippen LogP contribution in [0.4, 0.5) is 17.2 Å². The minimum absolute atomic E-state index is 0. The first kappa shape index (κ1) is 28.0. The Morgan fingerprint density at radius 2 is 1.41 bits per heavy atom. The number of phenolic OH excluding ortho intramolecular Hbond substituents is 1. The Hall–Kier alpha value is -4.53. The molecule has 5 heteroatoms. The van der Waals surface area contributed by atoms with Gasteiger partial charge in [0.15, 0.2) is 0 Å². The summed E-state index contributed by atoms with van der Waals surface area (Å²) in [5.41, 5.74) is 7.18. The summed E-state index contributed by atoms with van der Waals surface area (Å²) in [6.45, 7) is 2.17. The van der Waals surface area contributed by atoms with Crippen LogP contribution in [0.1, 0.15) is 24.0 Å². The van der Waals surface area contributed by atoms with Crippen molar-refractivity contribution in [3.63, 3.8) is 0 Å². The summed E-state index contributed by atoms with van der Waals surface area (Å²) in [5.74, 6) is 1.10. The van der Waals surface area contributed by atoms with Gasteiger partial charge in [-0.3, -0.25) is 4.98 Å². The Bertz CT molecular complexity index is 1690. The van der Waals surface area contributed by atoms with Crippen molar-refractivity contribution < 1.29 is 26.2 Å². The molecule has 1 N–H and O–H groups in total. The van der Waals surface area contributed by atoms with Crippen molar-refractivity contribution in [3.8, 4) is 28.3 Å². The predicted molar refractivity (Wildman–Crippen MR) is 162 cm³/mol. The van der Waals surface area contributed by atoms with E-state index in [2.05, 4.69) is 53.2 Å². The van der Waals surface area contributed by atoms with Gasteiger partial charge in [-0.1, -0.05) is 85.8 Å². The van der Waals surface area contributed by atoms with E-state index in [1.807, 2.05) is 97.1 Å². The molecule has 6 rings (SSSR count). The standard InChI is InChI=1S/C36H28N3O.Pt/c1-26(27-13-4-2-5-14-27)31-22-23-33(38-36(31)32-19-8-9-20-34(32)40)28-15-12-18-30(25-28)39(29-16-6-3-7-17-29)35-21-10-11-24-37-35;/h2-24,26,40H,1H3;/q-1;. The third-order valence-electron chi connectivity index (χ3n) is 7.04. The molecule has 2 aromatic heterocycles. The largest absolute Gasteiger partial charge is 0.507 e. The molecule has 0 saturated heterocycles. The number of aromatic nitrogens is 2. The zero-order valence-electron chi connectivity index (χ0n) is 22.5. The van der Waals surface area contributed by atoms with Gasteiger partial charge in [-0.15, -0.1) is 29.8 Å². The summed E-state index contributed by atoms with van der Waals surface area (Å²) in [6, 6.07) is 47.6. The van der Waals surface area contributed by atoms with E-state index in [0.29, 0.717) is 5.56 Å². The molecular formula is C36H28N3OPt-. The minimum atomic E-state index is 0. The van der Waals surface area contributed by atoms with Crippen molar-refractivity contribution in [1.82, 2.24) is 9.97 Å². The van der Waals surface area contributed by atoms with Gasteiger partial charge >= 0.3 is 0 Å². The van der Waals surface area contributed by atoms with Crippen molar-refractivity contribution in [3.05, 3.63) is 157 Å². The Balaban J connectivity index is 0.00000337. The SMILES string of the molecule is CC(c1ccccc1)c1ccc(-c2[c-]c(N(c3ccccc3)c3ccccn3)ccc2)nc1-c1ccccc1O.[Pt]. The third-order valence-corrected chi connectivity index (χ3v) is 7.04. The fourth-order valence-corrected chi connectivity index (χ4v) is 4.97. The first-order valence-corrected chi connectivity index (χ1v) is 13.3. The molecule has 0 fully saturated rings. The van der Waals surface area contributed by atoms with Gasteiger partial charge in [0.1, 0.15) is 11.6 Å². The van der Waals surface area contributed by atoms with E-state index in [4.69, 9.17) is 4.98 Å². The van der Waals surface area contributed by atoms with Gasteiger partial charge in [-0.05, 0) is 58.9 Å². The molecule has 0 radical (unpaired) electrons. The fourth-order valence-electron chi connectivity index (χ4n) is 4.97. The molecule has 4 aromatic carbocycles. The fraction of sp³-hybridized carbons (Fsp3) is 0.0556. The molecule has 0 spiro atoms. The zero-order valence-corrected chi connectivity index (χ0v) is 24.7. The van der Waals surface area contributed by atoms with Crippen molar-refractivity contribution in [2.24, 2.45) is 0 Å². The van der Waals surface area contributed by atoms with Crippen LogP contribution in [0.2, 0.25) is 0 Å². The first-order chi connectivity index (χ1) is 19.7. The third kappa shape index (κ3) is 5.99. The van der Waals surface area contributed by atoms with E-state index in [-0.39, 0.29) is 32.7 Å². The Morgan fingerprint density at radius 1 is 0.707 bits per heavy atom. The van der Waals surface area contributed by atoms with Crippen LogP contribution < -0.4 is 4.90 Å². The van der Waals surface area contributed by atoms with E-state index in [0.717, 1.165) is 39.7 Å². The van der Waals surface area contributed by atoms with Gasteiger partial charge in [0, 0.05) is 44.4 Å². The molecular weight excluding hydrogens is 685 g/mol. The first-order valence-electron chi connectivity index (χ1n) is 13.3. The van der Waals surface area contributed by atoms with E-state index in [1.54, 1.807) is 12.3 Å². The molecule has 6 aromatic rings. The number of pyridine rings is 2. The normalized spacial score (nSPS) is 11.3. The summed E-state index contributed by atoms with van der Waals surface area (Å²) < 4.78 is 0. The second kappa shape index (κ2) is 12.8. The van der Waals surface area contributed by atoms with Crippen LogP contribution in [0.5, 0.6) is 5.75 Å². The quantitative estimate of drug-likeness (QED) is 0.168. The maximum absolute atomic E-state index is 10.8. The summed E-state index contributed by atoms with van der Waals surface area (Å²) in [7, 11) is 0. The maximum Gasteiger partial charge on any atom is 0.136 e. The molecule has 204 valence electrons. The van der Waals surface area contributed by atoms with Gasteiger partial charge in [-0.2, -0.15) is 0 Å². The molecule has 0 aliphatic carbocycles. The van der Waals surface area contributed by atoms with Crippen LogP contribution in [-0.2, 0) is 21.1 Å². The van der Waals surface area contributed by atoms with Crippen LogP contribution in [0.3, 0.4) is 0 Å². The van der Waals surface area contributed by atoms with Gasteiger partial charge in [0.25, 0.3) is 0 Å². The van der Waals surface area contributed by atoms with Gasteiger partial charge in [0.2, 0.25) is 0 Å². The number of nitrogens with zero attached hydrogens (tertiary/aromatic N) is 3. The van der Waals surface area contributed by atoms with Crippen molar-refractivity contribution >= 4 is 17.2 Å². The molecule has 0 saturated carbocycles. The summed E-state index contributed by atoms with van der Waals surface area (Å²) in [6.07, 6.45) is 1.79. The maximum atomic E-state index is 10.8. The second-order valence-electron chi connectivity index (χ2n) is 9.59. The Labute approximate surface area is 255 Å². The number of hydrogen-bond acceptors (Lipinski definition) is 4. The van der Waals surface area contributed by atoms with Crippen molar-refractivity contribution in [1.29, 1.82) is 0 Å². The van der Waals surface area contributed by atoms with Gasteiger partial charge < -0.3 is 10.0 Å². The summed E-state index contributed by atoms with van der Waals surface area (Å²) in [5, 5.41) is 10.8. The van der Waals surface area contributed by atoms with Crippen LogP contribution in [-0.4, -0.2) is 15.1 Å². The van der Waals surface area contributed by atoms with E-state index in [9.17, 15) is 5.11 Å². The number of rotatable bonds is 7. The summed E-state index contributed by atoms with van der Waals surface area (Å²) in [4.78, 5) is 11.8. The van der Waals surface area contributed by atoms with Gasteiger partial charge in [-0.25, -0.2) is 4.98 Å². The molecule has 1 atom stereocenters. The topological polar surface area (TPSA) is 49.2 Å². The number of benzene rings is 4. The zero-order chi connectivity index (χ0) is 27.3. The Kier molecular flexibility index (Phi) is 8.72. The smallest absolute Gasteiger partial charge is 0.136 e. The summed E-state index contributed by atoms with van der Waals surface area (Å²) >= 11 is 0. The molecule has 0 aliphatic rings. The number of phenols is 1. The van der Waals surface area contributed by atoms with Crippen LogP contribution in [0.25, 0.3) is 22.5 Å². The molecule has 0 bridgehead atoms. The molecule has 0 amide bonds. The van der Waals surface area contributed by atoms with E-state index in [1.165, 1.54) is 5.56 Å². The average molecular weight is 714 g/mol. The number of para-hydroxylation sites is 2. The number of aromatic hydroxyl groups is 1. The monoisotopic (exact) mass is 713 g/mol. The molecule has 41 heavy (non-hydrogen) atoms. The molecule has 1 unspecified atom stereocenters. The second-order valence-corrected chi connectivity index (χ2v) is 9.59. The van der Waals surface area contributed by atoms with Crippen LogP contribution >= 0.6 is 0 Å². The predicted octanol–water partition coefficient (Wildman–Crippen LogP) is 8.94. The van der Waals surface area contributed by atoms with Crippen LogP contribution in [0, 0.1) is 6.07 Å². The van der Waals surface area contributed by atoms with E-state index >= 15 is 0 Å². The minimum Gasteiger partial charge on any atom is -0.507 e. The molecule has 2 heterocycles. The van der Waals surface area contributed by atoms with Crippen molar-refractivity contribution in [2.45, 2.75) is 12.8 Å². The number of anilines is 3. The van der Waals surface area contributed by atoms with Gasteiger partial charge in [0.05, 0.1) is 5.69 Å². The van der Waals surface area contributed by atoms with Crippen LogP contribution in [0.15, 0.2) is 140 Å².